The lowest BCUT2D eigenvalue weighted by molar-refractivity contribution is 0.322. The van der Waals surface area contributed by atoms with Gasteiger partial charge in [-0.3, -0.25) is 0 Å². The molecule has 72 valence electrons. The predicted molar refractivity (Wildman–Crippen MR) is 53.3 cm³/mol. The van der Waals surface area contributed by atoms with Crippen LogP contribution in [0.15, 0.2) is 30.3 Å². The average Bonchev–Trinajstić information content (AvgIpc) is 2.43. The molecule has 0 aliphatic rings. The van der Waals surface area contributed by atoms with E-state index in [1.165, 1.54) is 0 Å². The summed E-state index contributed by atoms with van der Waals surface area (Å²) in [4.78, 5) is 0.206. The molecule has 0 saturated carbocycles. The van der Waals surface area contributed by atoms with Crippen LogP contribution in [-0.4, -0.2) is 10.0 Å². The van der Waals surface area contributed by atoms with Crippen molar-refractivity contribution in [1.82, 2.24) is 10.0 Å². The minimum absolute atomic E-state index is 0.0497. The molecule has 4 heteroatoms. The van der Waals surface area contributed by atoms with Gasteiger partial charge in [0.25, 0.3) is 0 Å². The maximum absolute atomic E-state index is 13.0. The zero-order chi connectivity index (χ0) is 10.1. The van der Waals surface area contributed by atoms with E-state index in [4.69, 9.17) is 5.73 Å². The standard InChI is InChI=1S/C10H10FN3/c1-7-9(10(12)14(11)13-7)8-5-3-2-4-6-8/h2-6H,12H2,1H3. The van der Waals surface area contributed by atoms with Crippen LogP contribution in [0.2, 0.25) is 0 Å². The van der Waals surface area contributed by atoms with Gasteiger partial charge in [0.1, 0.15) is 0 Å². The Labute approximate surface area is 80.9 Å². The number of nitrogens with two attached hydrogens (primary N) is 1. The van der Waals surface area contributed by atoms with Gasteiger partial charge in [0.2, 0.25) is 0 Å². The molecule has 0 amide bonds. The first-order valence-corrected chi connectivity index (χ1v) is 4.27. The van der Waals surface area contributed by atoms with Gasteiger partial charge in [0.15, 0.2) is 5.82 Å². The number of nitrogen functional groups attached to an aromatic ring is 1. The molecular weight excluding hydrogens is 181 g/mol. The fraction of sp³-hybridized carbons (Fsp3) is 0.100. The van der Waals surface area contributed by atoms with E-state index in [9.17, 15) is 4.48 Å². The van der Waals surface area contributed by atoms with E-state index < -0.39 is 0 Å². The molecule has 0 bridgehead atoms. The number of aromatic nitrogens is 2. The number of aryl methyl sites for hydroxylation is 1. The summed E-state index contributed by atoms with van der Waals surface area (Å²) in [6, 6.07) is 9.41. The van der Waals surface area contributed by atoms with Crippen molar-refractivity contribution >= 4 is 5.82 Å². The van der Waals surface area contributed by atoms with E-state index in [1.807, 2.05) is 30.3 Å². The molecule has 14 heavy (non-hydrogen) atoms. The van der Waals surface area contributed by atoms with Gasteiger partial charge in [-0.05, 0) is 12.5 Å². The van der Waals surface area contributed by atoms with Crippen molar-refractivity contribution in [2.75, 3.05) is 5.73 Å². The van der Waals surface area contributed by atoms with Gasteiger partial charge in [-0.25, -0.2) is 0 Å². The number of nitrogens with zero attached hydrogens (tertiary/aromatic N) is 2. The van der Waals surface area contributed by atoms with Crippen molar-refractivity contribution < 1.29 is 4.48 Å². The number of anilines is 1. The number of halogens is 1. The summed E-state index contributed by atoms with van der Waals surface area (Å²) in [5.74, 6) is 0.0497. The summed E-state index contributed by atoms with van der Waals surface area (Å²) in [7, 11) is 0. The molecule has 0 fully saturated rings. The van der Waals surface area contributed by atoms with Crippen LogP contribution in [0.5, 0.6) is 0 Å². The Morgan fingerprint density at radius 1 is 1.29 bits per heavy atom. The van der Waals surface area contributed by atoms with Crippen LogP contribution in [0.25, 0.3) is 11.1 Å². The molecule has 1 aromatic carbocycles. The molecule has 0 saturated heterocycles. The molecule has 1 heterocycles. The number of hydrogen-bond acceptors (Lipinski definition) is 2. The van der Waals surface area contributed by atoms with E-state index in [1.54, 1.807) is 6.92 Å². The normalized spacial score (nSPS) is 10.4. The lowest BCUT2D eigenvalue weighted by atomic mass is 10.1. The molecule has 0 aliphatic heterocycles. The summed E-state index contributed by atoms with van der Waals surface area (Å²) >= 11 is 0. The minimum atomic E-state index is 0.0497. The van der Waals surface area contributed by atoms with Gasteiger partial charge < -0.3 is 5.73 Å². The van der Waals surface area contributed by atoms with Gasteiger partial charge >= 0.3 is 0 Å². The van der Waals surface area contributed by atoms with Crippen molar-refractivity contribution in [2.24, 2.45) is 0 Å². The van der Waals surface area contributed by atoms with Crippen LogP contribution in [-0.2, 0) is 0 Å². The second kappa shape index (κ2) is 3.14. The van der Waals surface area contributed by atoms with E-state index in [2.05, 4.69) is 5.10 Å². The summed E-state index contributed by atoms with van der Waals surface area (Å²) in [5.41, 5.74) is 7.70. The number of hydrogen-bond donors (Lipinski definition) is 1. The molecular formula is C10H10FN3. The van der Waals surface area contributed by atoms with E-state index in [-0.39, 0.29) is 10.7 Å². The summed E-state index contributed by atoms with van der Waals surface area (Å²) in [5, 5.41) is 3.61. The first-order valence-electron chi connectivity index (χ1n) is 4.27. The Morgan fingerprint density at radius 2 is 1.93 bits per heavy atom. The van der Waals surface area contributed by atoms with Crippen LogP contribution in [0, 0.1) is 6.92 Å². The molecule has 3 nitrogen and oxygen atoms in total. The van der Waals surface area contributed by atoms with Crippen molar-refractivity contribution in [3.05, 3.63) is 36.0 Å². The largest absolute Gasteiger partial charge is 0.381 e. The quantitative estimate of drug-likeness (QED) is 0.750. The van der Waals surface area contributed by atoms with Crippen LogP contribution < -0.4 is 5.73 Å². The second-order valence-corrected chi connectivity index (χ2v) is 3.07. The van der Waals surface area contributed by atoms with Gasteiger partial charge in [0.05, 0.1) is 5.69 Å². The maximum atomic E-state index is 13.0. The molecule has 1 aromatic heterocycles. The zero-order valence-electron chi connectivity index (χ0n) is 7.74. The van der Waals surface area contributed by atoms with Crippen LogP contribution in [0.3, 0.4) is 0 Å². The van der Waals surface area contributed by atoms with Gasteiger partial charge in [-0.2, -0.15) is 0 Å². The molecule has 2 N–H and O–H groups in total. The minimum Gasteiger partial charge on any atom is -0.381 e. The highest BCUT2D eigenvalue weighted by Gasteiger charge is 2.13. The molecule has 0 spiro atoms. The Morgan fingerprint density at radius 3 is 2.43 bits per heavy atom. The molecule has 0 radical (unpaired) electrons. The van der Waals surface area contributed by atoms with E-state index in [0.717, 1.165) is 5.56 Å². The summed E-state index contributed by atoms with van der Waals surface area (Å²) in [6.07, 6.45) is 0. The summed E-state index contributed by atoms with van der Waals surface area (Å²) < 4.78 is 13.0. The van der Waals surface area contributed by atoms with Crippen LogP contribution in [0.1, 0.15) is 5.69 Å². The van der Waals surface area contributed by atoms with Gasteiger partial charge in [-0.15, -0.1) is 5.10 Å². The fourth-order valence-corrected chi connectivity index (χ4v) is 1.47. The topological polar surface area (TPSA) is 43.8 Å². The lowest BCUT2D eigenvalue weighted by Gasteiger charge is -1.99. The Hall–Kier alpha value is -1.84. The van der Waals surface area contributed by atoms with Crippen molar-refractivity contribution in [1.29, 1.82) is 0 Å². The first kappa shape index (κ1) is 8.74. The lowest BCUT2D eigenvalue weighted by Crippen LogP contribution is -1.94. The average molecular weight is 191 g/mol. The highest BCUT2D eigenvalue weighted by Crippen LogP contribution is 2.28. The van der Waals surface area contributed by atoms with Crippen LogP contribution in [0.4, 0.5) is 10.3 Å². The maximum Gasteiger partial charge on any atom is 0.165 e. The summed E-state index contributed by atoms with van der Waals surface area (Å²) in [6.45, 7) is 1.73. The number of rotatable bonds is 1. The van der Waals surface area contributed by atoms with Gasteiger partial charge in [0, 0.05) is 5.56 Å². The Balaban J connectivity index is 2.62. The third-order valence-electron chi connectivity index (χ3n) is 2.12. The Kier molecular flexibility index (Phi) is 1.96. The zero-order valence-corrected chi connectivity index (χ0v) is 7.74. The van der Waals surface area contributed by atoms with Crippen LogP contribution >= 0.6 is 0 Å². The highest BCUT2D eigenvalue weighted by atomic mass is 19.2. The van der Waals surface area contributed by atoms with Gasteiger partial charge in [-0.1, -0.05) is 39.7 Å². The van der Waals surface area contributed by atoms with E-state index in [0.29, 0.717) is 11.3 Å². The highest BCUT2D eigenvalue weighted by molar-refractivity contribution is 5.76. The number of benzene rings is 1. The molecule has 0 atom stereocenters. The first-order chi connectivity index (χ1) is 6.70. The van der Waals surface area contributed by atoms with E-state index >= 15 is 0 Å². The molecule has 2 aromatic rings. The monoisotopic (exact) mass is 191 g/mol. The third kappa shape index (κ3) is 1.25. The molecule has 2 rings (SSSR count). The van der Waals surface area contributed by atoms with Crippen molar-refractivity contribution in [3.8, 4) is 11.1 Å². The second-order valence-electron chi connectivity index (χ2n) is 3.07. The predicted octanol–water partition coefficient (Wildman–Crippen LogP) is 2.17. The molecule has 0 unspecified atom stereocenters. The Bertz CT molecular complexity index is 448. The smallest absolute Gasteiger partial charge is 0.165 e. The third-order valence-corrected chi connectivity index (χ3v) is 2.12. The molecule has 0 aliphatic carbocycles. The van der Waals surface area contributed by atoms with Crippen molar-refractivity contribution in [3.63, 3.8) is 0 Å². The fourth-order valence-electron chi connectivity index (χ4n) is 1.47. The van der Waals surface area contributed by atoms with Crippen molar-refractivity contribution in [2.45, 2.75) is 6.92 Å². The SMILES string of the molecule is Cc1nn(F)c(N)c1-c1ccccc1.